The molecule has 0 spiro atoms. The van der Waals surface area contributed by atoms with Crippen molar-refractivity contribution in [3.8, 4) is 0 Å². The van der Waals surface area contributed by atoms with Crippen molar-refractivity contribution in [1.29, 1.82) is 0 Å². The quantitative estimate of drug-likeness (QED) is 0.686. The van der Waals surface area contributed by atoms with E-state index >= 15 is 0 Å². The average molecular weight is 265 g/mol. The van der Waals surface area contributed by atoms with Gasteiger partial charge in [-0.2, -0.15) is 0 Å². The molecule has 0 aliphatic rings. The highest BCUT2D eigenvalue weighted by Crippen LogP contribution is 2.27. The van der Waals surface area contributed by atoms with E-state index in [1.807, 2.05) is 25.1 Å². The average Bonchev–Trinajstić information content (AvgIpc) is 2.71. The van der Waals surface area contributed by atoms with Gasteiger partial charge in [0.1, 0.15) is 5.52 Å². The molecule has 0 fully saturated rings. The van der Waals surface area contributed by atoms with Crippen LogP contribution in [0.5, 0.6) is 0 Å². The molecule has 2 aromatic heterocycles. The molecule has 0 unspecified atom stereocenters. The second kappa shape index (κ2) is 3.82. The van der Waals surface area contributed by atoms with Crippen molar-refractivity contribution in [1.82, 2.24) is 9.97 Å². The van der Waals surface area contributed by atoms with Gasteiger partial charge in [-0.3, -0.25) is 4.79 Å². The third-order valence-corrected chi connectivity index (χ3v) is 3.99. The van der Waals surface area contributed by atoms with E-state index < -0.39 is 0 Å². The Bertz CT molecular complexity index is 775. The summed E-state index contributed by atoms with van der Waals surface area (Å²) in [4.78, 5) is 19.0. The lowest BCUT2D eigenvalue weighted by atomic mass is 10.1. The molecule has 0 radical (unpaired) electrons. The Morgan fingerprint density at radius 3 is 3.06 bits per heavy atom. The van der Waals surface area contributed by atoms with E-state index in [9.17, 15) is 4.79 Å². The molecule has 86 valence electrons. The van der Waals surface area contributed by atoms with Gasteiger partial charge in [0.25, 0.3) is 5.56 Å². The summed E-state index contributed by atoms with van der Waals surface area (Å²) in [5.74, 6) is 0.442. The number of aromatic amines is 1. The summed E-state index contributed by atoms with van der Waals surface area (Å²) in [7, 11) is 0. The monoisotopic (exact) mass is 264 g/mol. The molecule has 2 heterocycles. The Morgan fingerprint density at radius 1 is 1.47 bits per heavy atom. The van der Waals surface area contributed by atoms with Crippen LogP contribution in [0.4, 0.5) is 0 Å². The fourth-order valence-electron chi connectivity index (χ4n) is 1.92. The van der Waals surface area contributed by atoms with Crippen LogP contribution in [0.3, 0.4) is 0 Å². The van der Waals surface area contributed by atoms with Crippen LogP contribution in [0.2, 0.25) is 0 Å². The van der Waals surface area contributed by atoms with Crippen molar-refractivity contribution in [3.05, 3.63) is 39.1 Å². The molecule has 3 aromatic rings. The minimum atomic E-state index is -0.136. The number of fused-ring (bicyclic) bond motifs is 3. The number of rotatable bonds is 1. The Balaban J connectivity index is 2.52. The van der Waals surface area contributed by atoms with E-state index in [1.165, 1.54) is 0 Å². The van der Waals surface area contributed by atoms with Gasteiger partial charge in [0.2, 0.25) is 0 Å². The largest absolute Gasteiger partial charge is 0.320 e. The van der Waals surface area contributed by atoms with Gasteiger partial charge in [-0.15, -0.1) is 22.9 Å². The number of aromatic nitrogens is 2. The molecule has 1 aromatic carbocycles. The summed E-state index contributed by atoms with van der Waals surface area (Å²) < 4.78 is 0.947. The molecule has 1 N–H and O–H groups in total. The van der Waals surface area contributed by atoms with Crippen molar-refractivity contribution in [3.63, 3.8) is 0 Å². The summed E-state index contributed by atoms with van der Waals surface area (Å²) in [5.41, 5.74) is 2.21. The first kappa shape index (κ1) is 10.7. The Kier molecular flexibility index (Phi) is 2.42. The third-order valence-electron chi connectivity index (χ3n) is 2.68. The SMILES string of the molecule is Cc1nc2c(=O)[nH]c3cc(CCl)ccc3c2s1. The molecule has 0 bridgehead atoms. The van der Waals surface area contributed by atoms with Gasteiger partial charge >= 0.3 is 0 Å². The number of aryl methyl sites for hydroxylation is 1. The van der Waals surface area contributed by atoms with E-state index in [-0.39, 0.29) is 5.56 Å². The first-order valence-electron chi connectivity index (χ1n) is 5.17. The number of nitrogens with zero attached hydrogens (tertiary/aromatic N) is 1. The van der Waals surface area contributed by atoms with Gasteiger partial charge in [0, 0.05) is 11.3 Å². The Morgan fingerprint density at radius 2 is 2.29 bits per heavy atom. The highest BCUT2D eigenvalue weighted by Gasteiger charge is 2.09. The summed E-state index contributed by atoms with van der Waals surface area (Å²) in [6.45, 7) is 1.91. The number of nitrogens with one attached hydrogen (secondary N) is 1. The maximum atomic E-state index is 11.9. The van der Waals surface area contributed by atoms with Crippen LogP contribution in [-0.4, -0.2) is 9.97 Å². The van der Waals surface area contributed by atoms with Gasteiger partial charge in [-0.1, -0.05) is 12.1 Å². The Labute approximate surface area is 106 Å². The lowest BCUT2D eigenvalue weighted by Gasteiger charge is -2.01. The molecular weight excluding hydrogens is 256 g/mol. The van der Waals surface area contributed by atoms with E-state index in [4.69, 9.17) is 11.6 Å². The zero-order chi connectivity index (χ0) is 12.0. The summed E-state index contributed by atoms with van der Waals surface area (Å²) in [6, 6.07) is 5.88. The van der Waals surface area contributed by atoms with E-state index in [0.29, 0.717) is 11.4 Å². The molecule has 3 nitrogen and oxygen atoms in total. The summed E-state index contributed by atoms with van der Waals surface area (Å²) >= 11 is 7.33. The van der Waals surface area contributed by atoms with Crippen molar-refractivity contribution < 1.29 is 0 Å². The third kappa shape index (κ3) is 1.64. The summed E-state index contributed by atoms with van der Waals surface area (Å²) in [6.07, 6.45) is 0. The lowest BCUT2D eigenvalue weighted by molar-refractivity contribution is 1.27. The number of halogens is 1. The first-order valence-corrected chi connectivity index (χ1v) is 6.52. The molecule has 0 saturated carbocycles. The fraction of sp³-hybridized carbons (Fsp3) is 0.167. The molecule has 0 aliphatic heterocycles. The maximum absolute atomic E-state index is 11.9. The minimum absolute atomic E-state index is 0.136. The van der Waals surface area contributed by atoms with Crippen molar-refractivity contribution in [2.45, 2.75) is 12.8 Å². The van der Waals surface area contributed by atoms with Gasteiger partial charge in [0.15, 0.2) is 0 Å². The maximum Gasteiger partial charge on any atom is 0.275 e. The number of pyridine rings is 1. The zero-order valence-corrected chi connectivity index (χ0v) is 10.7. The van der Waals surface area contributed by atoms with E-state index in [1.54, 1.807) is 11.3 Å². The normalized spacial score (nSPS) is 11.4. The molecule has 0 aliphatic carbocycles. The number of thiazole rings is 1. The van der Waals surface area contributed by atoms with Crippen LogP contribution < -0.4 is 5.56 Å². The molecular formula is C12H9ClN2OS. The van der Waals surface area contributed by atoms with E-state index in [0.717, 1.165) is 26.2 Å². The van der Waals surface area contributed by atoms with Gasteiger partial charge in [0.05, 0.1) is 15.2 Å². The second-order valence-corrected chi connectivity index (χ2v) is 5.35. The molecule has 0 amide bonds. The van der Waals surface area contributed by atoms with E-state index in [2.05, 4.69) is 9.97 Å². The zero-order valence-electron chi connectivity index (χ0n) is 9.08. The highest BCUT2D eigenvalue weighted by molar-refractivity contribution is 7.19. The van der Waals surface area contributed by atoms with Crippen LogP contribution in [0.15, 0.2) is 23.0 Å². The number of hydrogen-bond donors (Lipinski definition) is 1. The van der Waals surface area contributed by atoms with Crippen molar-refractivity contribution in [2.75, 3.05) is 0 Å². The Hall–Kier alpha value is -1.39. The van der Waals surface area contributed by atoms with Crippen molar-refractivity contribution in [2.24, 2.45) is 0 Å². The second-order valence-electron chi connectivity index (χ2n) is 3.88. The highest BCUT2D eigenvalue weighted by atomic mass is 35.5. The van der Waals surface area contributed by atoms with Crippen LogP contribution in [0, 0.1) is 6.92 Å². The number of alkyl halides is 1. The van der Waals surface area contributed by atoms with Crippen LogP contribution >= 0.6 is 22.9 Å². The predicted molar refractivity (Wildman–Crippen MR) is 72.0 cm³/mol. The topological polar surface area (TPSA) is 45.8 Å². The molecule has 5 heteroatoms. The standard InChI is InChI=1S/C12H9ClN2OS/c1-6-14-10-11(17-6)8-3-2-7(5-13)4-9(8)15-12(10)16/h2-4H,5H2,1H3,(H,15,16). The fourth-order valence-corrected chi connectivity index (χ4v) is 3.04. The predicted octanol–water partition coefficient (Wildman–Crippen LogP) is 3.19. The van der Waals surface area contributed by atoms with Crippen LogP contribution in [-0.2, 0) is 5.88 Å². The minimum Gasteiger partial charge on any atom is -0.320 e. The molecule has 0 saturated heterocycles. The number of hydrogen-bond acceptors (Lipinski definition) is 3. The van der Waals surface area contributed by atoms with Crippen LogP contribution in [0.1, 0.15) is 10.6 Å². The van der Waals surface area contributed by atoms with Gasteiger partial charge in [-0.25, -0.2) is 4.98 Å². The van der Waals surface area contributed by atoms with Gasteiger partial charge < -0.3 is 4.98 Å². The lowest BCUT2D eigenvalue weighted by Crippen LogP contribution is -2.06. The number of H-pyrrole nitrogens is 1. The van der Waals surface area contributed by atoms with Crippen LogP contribution in [0.25, 0.3) is 21.1 Å². The molecule has 17 heavy (non-hydrogen) atoms. The molecule has 3 rings (SSSR count). The summed E-state index contributed by atoms with van der Waals surface area (Å²) in [5, 5.41) is 1.93. The molecule has 0 atom stereocenters. The first-order chi connectivity index (χ1) is 8.19. The van der Waals surface area contributed by atoms with Gasteiger partial charge in [-0.05, 0) is 18.6 Å². The smallest absolute Gasteiger partial charge is 0.275 e. The van der Waals surface area contributed by atoms with Crippen molar-refractivity contribution >= 4 is 44.1 Å². The number of benzene rings is 1.